The zero-order chi connectivity index (χ0) is 15.0. The van der Waals surface area contributed by atoms with E-state index in [4.69, 9.17) is 0 Å². The molecule has 1 aliphatic heterocycles. The summed E-state index contributed by atoms with van der Waals surface area (Å²) >= 11 is 0. The Labute approximate surface area is 126 Å². The van der Waals surface area contributed by atoms with Crippen LogP contribution in [0.25, 0.3) is 0 Å². The summed E-state index contributed by atoms with van der Waals surface area (Å²) in [5, 5.41) is 10.00. The van der Waals surface area contributed by atoms with Crippen LogP contribution in [-0.2, 0) is 0 Å². The van der Waals surface area contributed by atoms with E-state index in [2.05, 4.69) is 37.6 Å². The second-order valence-electron chi connectivity index (χ2n) is 7.75. The first kappa shape index (κ1) is 17.9. The van der Waals surface area contributed by atoms with Crippen LogP contribution in [0.4, 0.5) is 0 Å². The fourth-order valence-corrected chi connectivity index (χ4v) is 2.80. The molecule has 120 valence electrons. The Morgan fingerprint density at radius 1 is 0.950 bits per heavy atom. The molecule has 1 rings (SSSR count). The second-order valence-corrected chi connectivity index (χ2v) is 7.75. The van der Waals surface area contributed by atoms with Gasteiger partial charge < -0.3 is 14.9 Å². The number of unbranched alkanes of at least 4 members (excludes halogenated alkanes) is 1. The SMILES string of the molecule is CN1CCN(CCCC[C@@H](O)CCCC(C)(C)C)CC1. The van der Waals surface area contributed by atoms with Gasteiger partial charge in [0, 0.05) is 26.2 Å². The van der Waals surface area contributed by atoms with E-state index in [0.29, 0.717) is 5.41 Å². The van der Waals surface area contributed by atoms with Crippen LogP contribution in [0, 0.1) is 5.41 Å². The van der Waals surface area contributed by atoms with Crippen LogP contribution in [-0.4, -0.2) is 60.8 Å². The molecule has 1 N–H and O–H groups in total. The Hall–Kier alpha value is -0.120. The van der Waals surface area contributed by atoms with Crippen molar-refractivity contribution >= 4 is 0 Å². The summed E-state index contributed by atoms with van der Waals surface area (Å²) in [4.78, 5) is 4.96. The first-order valence-corrected chi connectivity index (χ1v) is 8.46. The number of piperazine rings is 1. The highest BCUT2D eigenvalue weighted by molar-refractivity contribution is 4.69. The molecule has 0 aromatic heterocycles. The van der Waals surface area contributed by atoms with Gasteiger partial charge in [0.1, 0.15) is 0 Å². The maximum absolute atomic E-state index is 10.00. The molecule has 0 saturated carbocycles. The number of aliphatic hydroxyl groups excluding tert-OH is 1. The molecule has 3 nitrogen and oxygen atoms in total. The van der Waals surface area contributed by atoms with Gasteiger partial charge in [-0.05, 0) is 51.1 Å². The summed E-state index contributed by atoms with van der Waals surface area (Å²) in [6.45, 7) is 12.9. The molecule has 0 aromatic rings. The standard InChI is InChI=1S/C17H36N2O/c1-17(2,3)10-7-9-16(20)8-5-6-11-19-14-12-18(4)13-15-19/h16,20H,5-15H2,1-4H3/t16-/m1/s1. The predicted octanol–water partition coefficient (Wildman–Crippen LogP) is 2.98. The topological polar surface area (TPSA) is 26.7 Å². The van der Waals surface area contributed by atoms with Crippen molar-refractivity contribution in [2.24, 2.45) is 5.41 Å². The van der Waals surface area contributed by atoms with Crippen LogP contribution >= 0.6 is 0 Å². The van der Waals surface area contributed by atoms with Crippen molar-refractivity contribution in [1.29, 1.82) is 0 Å². The fourth-order valence-electron chi connectivity index (χ4n) is 2.80. The van der Waals surface area contributed by atoms with Crippen molar-refractivity contribution in [3.63, 3.8) is 0 Å². The Kier molecular flexibility index (Phi) is 8.08. The lowest BCUT2D eigenvalue weighted by Crippen LogP contribution is -2.44. The summed E-state index contributed by atoms with van der Waals surface area (Å²) in [5.74, 6) is 0. The highest BCUT2D eigenvalue weighted by Crippen LogP contribution is 2.22. The van der Waals surface area contributed by atoms with Crippen molar-refractivity contribution < 1.29 is 5.11 Å². The predicted molar refractivity (Wildman–Crippen MR) is 87.1 cm³/mol. The van der Waals surface area contributed by atoms with Crippen molar-refractivity contribution in [3.8, 4) is 0 Å². The van der Waals surface area contributed by atoms with Crippen LogP contribution < -0.4 is 0 Å². The van der Waals surface area contributed by atoms with Crippen molar-refractivity contribution in [1.82, 2.24) is 9.80 Å². The van der Waals surface area contributed by atoms with Crippen LogP contribution in [0.1, 0.15) is 59.3 Å². The van der Waals surface area contributed by atoms with Gasteiger partial charge >= 0.3 is 0 Å². The van der Waals surface area contributed by atoms with E-state index in [1.165, 1.54) is 52.0 Å². The van der Waals surface area contributed by atoms with Crippen molar-refractivity contribution in [3.05, 3.63) is 0 Å². The first-order chi connectivity index (χ1) is 9.37. The Morgan fingerprint density at radius 2 is 1.55 bits per heavy atom. The molecule has 0 bridgehead atoms. The Morgan fingerprint density at radius 3 is 2.15 bits per heavy atom. The summed E-state index contributed by atoms with van der Waals surface area (Å²) in [6.07, 6.45) is 6.66. The molecular formula is C17H36N2O. The molecule has 0 unspecified atom stereocenters. The summed E-state index contributed by atoms with van der Waals surface area (Å²) in [6, 6.07) is 0. The van der Waals surface area contributed by atoms with E-state index in [-0.39, 0.29) is 6.10 Å². The molecule has 0 radical (unpaired) electrons. The highest BCUT2D eigenvalue weighted by Gasteiger charge is 2.14. The lowest BCUT2D eigenvalue weighted by atomic mass is 9.89. The van der Waals surface area contributed by atoms with Gasteiger partial charge in [-0.1, -0.05) is 27.2 Å². The average Bonchev–Trinajstić information content (AvgIpc) is 2.35. The van der Waals surface area contributed by atoms with Gasteiger partial charge in [-0.15, -0.1) is 0 Å². The molecule has 0 aliphatic carbocycles. The zero-order valence-electron chi connectivity index (χ0n) is 14.2. The molecule has 0 aromatic carbocycles. The summed E-state index contributed by atoms with van der Waals surface area (Å²) < 4.78 is 0. The molecule has 0 spiro atoms. The van der Waals surface area contributed by atoms with E-state index in [0.717, 1.165) is 19.3 Å². The van der Waals surface area contributed by atoms with Gasteiger partial charge in [-0.2, -0.15) is 0 Å². The first-order valence-electron chi connectivity index (χ1n) is 8.46. The van der Waals surface area contributed by atoms with E-state index in [1.807, 2.05) is 0 Å². The van der Waals surface area contributed by atoms with Gasteiger partial charge in [0.15, 0.2) is 0 Å². The van der Waals surface area contributed by atoms with Gasteiger partial charge in [-0.3, -0.25) is 0 Å². The number of aliphatic hydroxyl groups is 1. The molecule has 1 fully saturated rings. The largest absolute Gasteiger partial charge is 0.393 e. The number of nitrogens with zero attached hydrogens (tertiary/aromatic N) is 2. The van der Waals surface area contributed by atoms with E-state index < -0.39 is 0 Å². The molecule has 0 amide bonds. The molecule has 20 heavy (non-hydrogen) atoms. The molecule has 1 atom stereocenters. The fraction of sp³-hybridized carbons (Fsp3) is 1.00. The maximum Gasteiger partial charge on any atom is 0.0540 e. The lowest BCUT2D eigenvalue weighted by Gasteiger charge is -2.32. The maximum atomic E-state index is 10.00. The minimum Gasteiger partial charge on any atom is -0.393 e. The average molecular weight is 284 g/mol. The summed E-state index contributed by atoms with van der Waals surface area (Å²) in [5.41, 5.74) is 0.404. The quantitative estimate of drug-likeness (QED) is 0.694. The van der Waals surface area contributed by atoms with E-state index in [1.54, 1.807) is 0 Å². The van der Waals surface area contributed by atoms with Gasteiger partial charge in [-0.25, -0.2) is 0 Å². The minimum atomic E-state index is -0.0789. The normalized spacial score (nSPS) is 20.2. The van der Waals surface area contributed by atoms with Crippen molar-refractivity contribution in [2.75, 3.05) is 39.8 Å². The summed E-state index contributed by atoms with van der Waals surface area (Å²) in [7, 11) is 2.20. The lowest BCUT2D eigenvalue weighted by molar-refractivity contribution is 0.132. The van der Waals surface area contributed by atoms with Gasteiger partial charge in [0.2, 0.25) is 0 Å². The molecular weight excluding hydrogens is 248 g/mol. The smallest absolute Gasteiger partial charge is 0.0540 e. The number of hydrogen-bond acceptors (Lipinski definition) is 3. The van der Waals surface area contributed by atoms with E-state index in [9.17, 15) is 5.11 Å². The van der Waals surface area contributed by atoms with Crippen molar-refractivity contribution in [2.45, 2.75) is 65.4 Å². The Balaban J connectivity index is 1.95. The molecule has 1 heterocycles. The van der Waals surface area contributed by atoms with Crippen LogP contribution in [0.3, 0.4) is 0 Å². The highest BCUT2D eigenvalue weighted by atomic mass is 16.3. The zero-order valence-corrected chi connectivity index (χ0v) is 14.2. The van der Waals surface area contributed by atoms with Gasteiger partial charge in [0.05, 0.1) is 6.10 Å². The van der Waals surface area contributed by atoms with Crippen LogP contribution in [0.5, 0.6) is 0 Å². The molecule has 3 heteroatoms. The second kappa shape index (κ2) is 9.01. The number of likely N-dealkylation sites (N-methyl/N-ethyl adjacent to an activating group) is 1. The monoisotopic (exact) mass is 284 g/mol. The van der Waals surface area contributed by atoms with Crippen LogP contribution in [0.15, 0.2) is 0 Å². The van der Waals surface area contributed by atoms with E-state index >= 15 is 0 Å². The third-order valence-corrected chi connectivity index (χ3v) is 4.32. The third kappa shape index (κ3) is 8.93. The molecule has 1 saturated heterocycles. The van der Waals surface area contributed by atoms with Gasteiger partial charge in [0.25, 0.3) is 0 Å². The third-order valence-electron chi connectivity index (χ3n) is 4.32. The number of hydrogen-bond donors (Lipinski definition) is 1. The van der Waals surface area contributed by atoms with Crippen LogP contribution in [0.2, 0.25) is 0 Å². The minimum absolute atomic E-state index is 0.0789. The Bertz CT molecular complexity index is 242. The number of rotatable bonds is 8. The molecule has 1 aliphatic rings.